The van der Waals surface area contributed by atoms with Crippen molar-refractivity contribution in [2.24, 2.45) is 0 Å². The average Bonchev–Trinajstić information content (AvgIpc) is 2.55. The molecule has 1 aliphatic rings. The van der Waals surface area contributed by atoms with Crippen LogP contribution in [0.4, 0.5) is 10.1 Å². The van der Waals surface area contributed by atoms with Crippen LogP contribution in [-0.4, -0.2) is 30.8 Å². The maximum absolute atomic E-state index is 13.5. The van der Waals surface area contributed by atoms with Crippen LogP contribution in [0.2, 0.25) is 5.02 Å². The molecule has 0 aromatic heterocycles. The highest BCUT2D eigenvalue weighted by molar-refractivity contribution is 6.52. The summed E-state index contributed by atoms with van der Waals surface area (Å²) >= 11 is 5.63. The third-order valence-electron chi connectivity index (χ3n) is 2.90. The first-order chi connectivity index (χ1) is 8.91. The van der Waals surface area contributed by atoms with Crippen molar-refractivity contribution < 1.29 is 14.0 Å². The molecular formula is C13H14ClFN2O2. The molecular weight excluding hydrogens is 271 g/mol. The van der Waals surface area contributed by atoms with E-state index in [0.29, 0.717) is 18.8 Å². The molecule has 1 N–H and O–H groups in total. The third-order valence-corrected chi connectivity index (χ3v) is 3.19. The molecule has 0 unspecified atom stereocenters. The van der Waals surface area contributed by atoms with E-state index in [9.17, 15) is 14.0 Å². The number of Topliss-reactive ketones (excluding diaryl/α,β-unsaturated/α-hetero) is 1. The third kappa shape index (κ3) is 2.62. The second-order valence-electron chi connectivity index (χ2n) is 4.68. The van der Waals surface area contributed by atoms with Gasteiger partial charge in [-0.2, -0.15) is 0 Å². The van der Waals surface area contributed by atoms with E-state index in [4.69, 9.17) is 11.6 Å². The number of nitrogens with zero attached hydrogens (tertiary/aromatic N) is 1. The maximum Gasteiger partial charge on any atom is 0.299 e. The van der Waals surface area contributed by atoms with Gasteiger partial charge in [0.1, 0.15) is 5.82 Å². The molecule has 4 nitrogen and oxygen atoms in total. The standard InChI is InChI=1S/C13H14ClFN2O2/c1-7(2)16-3-4-17-11-6-10(15)9(14)5-8(11)12(18)13(17)19/h5-7,16H,3-4H2,1-2H3. The van der Waals surface area contributed by atoms with Crippen molar-refractivity contribution in [3.8, 4) is 0 Å². The predicted molar refractivity (Wildman–Crippen MR) is 71.2 cm³/mol. The minimum Gasteiger partial charge on any atom is -0.313 e. The van der Waals surface area contributed by atoms with E-state index < -0.39 is 17.5 Å². The van der Waals surface area contributed by atoms with Crippen molar-refractivity contribution in [1.29, 1.82) is 0 Å². The van der Waals surface area contributed by atoms with Gasteiger partial charge >= 0.3 is 0 Å². The van der Waals surface area contributed by atoms with Gasteiger partial charge in [0.15, 0.2) is 0 Å². The molecule has 0 radical (unpaired) electrons. The van der Waals surface area contributed by atoms with E-state index in [0.717, 1.165) is 6.07 Å². The van der Waals surface area contributed by atoms with E-state index in [1.807, 2.05) is 13.8 Å². The van der Waals surface area contributed by atoms with Gasteiger partial charge in [0.05, 0.1) is 16.3 Å². The molecule has 19 heavy (non-hydrogen) atoms. The molecule has 0 aliphatic carbocycles. The summed E-state index contributed by atoms with van der Waals surface area (Å²) in [6.07, 6.45) is 0. The second-order valence-corrected chi connectivity index (χ2v) is 5.09. The van der Waals surface area contributed by atoms with Gasteiger partial charge in [-0.25, -0.2) is 4.39 Å². The van der Waals surface area contributed by atoms with Crippen LogP contribution < -0.4 is 10.2 Å². The lowest BCUT2D eigenvalue weighted by Crippen LogP contribution is -2.37. The summed E-state index contributed by atoms with van der Waals surface area (Å²) < 4.78 is 13.5. The Balaban J connectivity index is 2.26. The van der Waals surface area contributed by atoms with Crippen LogP contribution >= 0.6 is 11.6 Å². The molecule has 0 saturated heterocycles. The highest BCUT2D eigenvalue weighted by Crippen LogP contribution is 2.32. The average molecular weight is 285 g/mol. The Hall–Kier alpha value is -1.46. The SMILES string of the molecule is CC(C)NCCN1C(=O)C(=O)c2cc(Cl)c(F)cc21. The second kappa shape index (κ2) is 5.27. The fourth-order valence-corrected chi connectivity index (χ4v) is 2.14. The number of carbonyl (C=O) groups excluding carboxylic acids is 2. The predicted octanol–water partition coefficient (Wildman–Crippen LogP) is 2.01. The molecule has 1 heterocycles. The Kier molecular flexibility index (Phi) is 3.87. The minimum absolute atomic E-state index is 0.151. The number of fused-ring (bicyclic) bond motifs is 1. The highest BCUT2D eigenvalue weighted by atomic mass is 35.5. The first kappa shape index (κ1) is 14.0. The number of hydrogen-bond acceptors (Lipinski definition) is 3. The number of anilines is 1. The van der Waals surface area contributed by atoms with Gasteiger partial charge in [0.2, 0.25) is 0 Å². The van der Waals surface area contributed by atoms with Crippen LogP contribution in [0.3, 0.4) is 0 Å². The smallest absolute Gasteiger partial charge is 0.299 e. The quantitative estimate of drug-likeness (QED) is 0.861. The van der Waals surface area contributed by atoms with Crippen LogP contribution in [-0.2, 0) is 4.79 Å². The van der Waals surface area contributed by atoms with Gasteiger partial charge in [0.25, 0.3) is 11.7 Å². The Morgan fingerprint density at radius 2 is 2.05 bits per heavy atom. The molecule has 0 fully saturated rings. The number of amides is 1. The zero-order valence-electron chi connectivity index (χ0n) is 10.7. The summed E-state index contributed by atoms with van der Waals surface area (Å²) in [7, 11) is 0. The Morgan fingerprint density at radius 3 is 2.68 bits per heavy atom. The van der Waals surface area contributed by atoms with Gasteiger partial charge in [-0.05, 0) is 12.1 Å². The summed E-state index contributed by atoms with van der Waals surface area (Å²) in [5, 5.41) is 2.99. The molecule has 0 saturated carbocycles. The summed E-state index contributed by atoms with van der Waals surface area (Å²) in [5.41, 5.74) is 0.461. The summed E-state index contributed by atoms with van der Waals surface area (Å²) in [4.78, 5) is 24.9. The Morgan fingerprint density at radius 1 is 1.37 bits per heavy atom. The van der Waals surface area contributed by atoms with E-state index in [1.165, 1.54) is 11.0 Å². The van der Waals surface area contributed by atoms with Crippen molar-refractivity contribution in [2.75, 3.05) is 18.0 Å². The molecule has 102 valence electrons. The molecule has 0 bridgehead atoms. The monoisotopic (exact) mass is 284 g/mol. The van der Waals surface area contributed by atoms with Gasteiger partial charge < -0.3 is 10.2 Å². The highest BCUT2D eigenvalue weighted by Gasteiger charge is 2.36. The van der Waals surface area contributed by atoms with E-state index in [2.05, 4.69) is 5.32 Å². The van der Waals surface area contributed by atoms with E-state index in [1.54, 1.807) is 0 Å². The Bertz CT molecular complexity index is 546. The molecule has 0 atom stereocenters. The molecule has 6 heteroatoms. The minimum atomic E-state index is -0.638. The number of carbonyl (C=O) groups is 2. The van der Waals surface area contributed by atoms with Crippen molar-refractivity contribution >= 4 is 29.0 Å². The Labute approximate surface area is 115 Å². The molecule has 2 rings (SSSR count). The first-order valence-corrected chi connectivity index (χ1v) is 6.38. The topological polar surface area (TPSA) is 49.4 Å². The van der Waals surface area contributed by atoms with Crippen LogP contribution in [0.5, 0.6) is 0 Å². The van der Waals surface area contributed by atoms with E-state index in [-0.39, 0.29) is 16.6 Å². The number of halogens is 2. The zero-order chi connectivity index (χ0) is 14.2. The van der Waals surface area contributed by atoms with Crippen LogP contribution in [0.25, 0.3) is 0 Å². The molecule has 1 amide bonds. The molecule has 0 spiro atoms. The lowest BCUT2D eigenvalue weighted by Gasteiger charge is -2.18. The molecule has 1 aromatic carbocycles. The lowest BCUT2D eigenvalue weighted by molar-refractivity contribution is -0.114. The van der Waals surface area contributed by atoms with E-state index >= 15 is 0 Å². The zero-order valence-corrected chi connectivity index (χ0v) is 11.4. The normalized spacial score (nSPS) is 14.5. The number of nitrogens with one attached hydrogen (secondary N) is 1. The van der Waals surface area contributed by atoms with Crippen LogP contribution in [0.1, 0.15) is 24.2 Å². The number of rotatable bonds is 4. The molecule has 1 aliphatic heterocycles. The van der Waals surface area contributed by atoms with Gasteiger partial charge in [-0.3, -0.25) is 9.59 Å². The summed E-state index contributed by atoms with van der Waals surface area (Å²) in [6.45, 7) is 4.80. The fraction of sp³-hybridized carbons (Fsp3) is 0.385. The lowest BCUT2D eigenvalue weighted by atomic mass is 10.1. The van der Waals surface area contributed by atoms with Crippen molar-refractivity contribution in [1.82, 2.24) is 5.32 Å². The molecule has 1 aromatic rings. The number of ketones is 1. The number of hydrogen-bond donors (Lipinski definition) is 1. The first-order valence-electron chi connectivity index (χ1n) is 6.00. The van der Waals surface area contributed by atoms with Crippen LogP contribution in [0, 0.1) is 5.82 Å². The van der Waals surface area contributed by atoms with Crippen molar-refractivity contribution in [3.05, 3.63) is 28.5 Å². The fourth-order valence-electron chi connectivity index (χ4n) is 1.98. The van der Waals surface area contributed by atoms with Gasteiger partial charge in [0, 0.05) is 19.1 Å². The maximum atomic E-state index is 13.5. The largest absolute Gasteiger partial charge is 0.313 e. The van der Waals surface area contributed by atoms with Gasteiger partial charge in [-0.15, -0.1) is 0 Å². The van der Waals surface area contributed by atoms with Crippen molar-refractivity contribution in [2.45, 2.75) is 19.9 Å². The summed E-state index contributed by atoms with van der Waals surface area (Å²) in [6, 6.07) is 2.62. The van der Waals surface area contributed by atoms with Crippen LogP contribution in [0.15, 0.2) is 12.1 Å². The van der Waals surface area contributed by atoms with Gasteiger partial charge in [-0.1, -0.05) is 25.4 Å². The summed E-state index contributed by atoms with van der Waals surface area (Å²) in [5.74, 6) is -1.91. The number of benzene rings is 1. The van der Waals surface area contributed by atoms with Crippen molar-refractivity contribution in [3.63, 3.8) is 0 Å².